The molecule has 2 unspecified atom stereocenters. The van der Waals surface area contributed by atoms with Crippen molar-refractivity contribution in [2.24, 2.45) is 10.9 Å². The lowest BCUT2D eigenvalue weighted by atomic mass is 9.74. The van der Waals surface area contributed by atoms with Crippen molar-refractivity contribution in [2.45, 2.75) is 31.7 Å². The lowest BCUT2D eigenvalue weighted by Gasteiger charge is -2.36. The highest BCUT2D eigenvalue weighted by Gasteiger charge is 2.45. The molecule has 0 saturated carbocycles. The van der Waals surface area contributed by atoms with Gasteiger partial charge in [-0.1, -0.05) is 117 Å². The Hall–Kier alpha value is -5.15. The van der Waals surface area contributed by atoms with E-state index in [2.05, 4.69) is 145 Å². The number of anilines is 2. The Morgan fingerprint density at radius 1 is 0.750 bits per heavy atom. The molecular weight excluding hydrogens is 534 g/mol. The summed E-state index contributed by atoms with van der Waals surface area (Å²) in [6.45, 7) is 4.80. The van der Waals surface area contributed by atoms with E-state index in [0.29, 0.717) is 0 Å². The summed E-state index contributed by atoms with van der Waals surface area (Å²) in [6, 6.07) is 31.5. The molecule has 44 heavy (non-hydrogen) atoms. The summed E-state index contributed by atoms with van der Waals surface area (Å²) < 4.78 is 0. The second-order valence-electron chi connectivity index (χ2n) is 12.8. The van der Waals surface area contributed by atoms with Gasteiger partial charge in [0.2, 0.25) is 0 Å². The number of rotatable bonds is 2. The Morgan fingerprint density at radius 2 is 1.52 bits per heavy atom. The smallest absolute Gasteiger partial charge is 0.141 e. The third-order valence-corrected chi connectivity index (χ3v) is 10.0. The summed E-state index contributed by atoms with van der Waals surface area (Å²) in [5.41, 5.74) is 12.7. The van der Waals surface area contributed by atoms with Gasteiger partial charge >= 0.3 is 0 Å². The van der Waals surface area contributed by atoms with Crippen molar-refractivity contribution in [3.8, 4) is 0 Å². The Bertz CT molecular complexity index is 2110. The van der Waals surface area contributed by atoms with Gasteiger partial charge in [0.05, 0.1) is 23.1 Å². The molecular formula is C41H33N3. The SMILES string of the molecule is CC1(C)C2=C(c3ccccc3N(c3ccc(C4C=CC=CN4)c4ccccc34)C3=C2CC2C=CC=CC2=N3)c2ccccc21. The molecule has 3 aliphatic heterocycles. The van der Waals surface area contributed by atoms with Crippen LogP contribution in [-0.4, -0.2) is 5.71 Å². The van der Waals surface area contributed by atoms with E-state index in [-0.39, 0.29) is 17.4 Å². The summed E-state index contributed by atoms with van der Waals surface area (Å²) in [5, 5.41) is 6.01. The Morgan fingerprint density at radius 3 is 2.39 bits per heavy atom. The van der Waals surface area contributed by atoms with Crippen LogP contribution in [-0.2, 0) is 5.41 Å². The zero-order valence-electron chi connectivity index (χ0n) is 25.0. The number of aliphatic imine (C=N–C) groups is 1. The lowest BCUT2D eigenvalue weighted by molar-refractivity contribution is 0.626. The van der Waals surface area contributed by atoms with Gasteiger partial charge in [-0.2, -0.15) is 0 Å². The molecule has 0 saturated heterocycles. The fraction of sp³-hybridized carbons (Fsp3) is 0.146. The molecule has 4 aromatic rings. The third-order valence-electron chi connectivity index (χ3n) is 10.0. The van der Waals surface area contributed by atoms with Crippen LogP contribution in [0, 0.1) is 5.92 Å². The molecule has 0 amide bonds. The molecule has 3 heteroatoms. The summed E-state index contributed by atoms with van der Waals surface area (Å²) in [5.74, 6) is 1.32. The van der Waals surface area contributed by atoms with Crippen LogP contribution in [0.4, 0.5) is 11.4 Å². The molecule has 0 radical (unpaired) electrons. The first-order valence-corrected chi connectivity index (χ1v) is 15.6. The summed E-state index contributed by atoms with van der Waals surface area (Å²) in [6.07, 6.45) is 18.2. The molecule has 3 heterocycles. The summed E-state index contributed by atoms with van der Waals surface area (Å²) >= 11 is 0. The number of allylic oxidation sites excluding steroid dienone is 8. The van der Waals surface area contributed by atoms with Gasteiger partial charge in [0, 0.05) is 27.9 Å². The van der Waals surface area contributed by atoms with Gasteiger partial charge in [-0.05, 0) is 70.1 Å². The zero-order chi connectivity index (χ0) is 29.4. The van der Waals surface area contributed by atoms with Gasteiger partial charge in [0.1, 0.15) is 5.82 Å². The fourth-order valence-electron chi connectivity index (χ4n) is 8.05. The molecule has 0 spiro atoms. The van der Waals surface area contributed by atoms with Crippen LogP contribution < -0.4 is 10.2 Å². The second kappa shape index (κ2) is 9.42. The normalized spacial score (nSPS) is 22.1. The van der Waals surface area contributed by atoms with E-state index in [1.165, 1.54) is 55.4 Å². The second-order valence-corrected chi connectivity index (χ2v) is 12.8. The van der Waals surface area contributed by atoms with E-state index in [0.717, 1.165) is 23.6 Å². The molecule has 0 bridgehead atoms. The van der Waals surface area contributed by atoms with Crippen molar-refractivity contribution < 1.29 is 0 Å². The molecule has 2 atom stereocenters. The highest BCUT2D eigenvalue weighted by atomic mass is 15.2. The molecule has 4 aromatic carbocycles. The average Bonchev–Trinajstić information content (AvgIpc) is 3.23. The topological polar surface area (TPSA) is 27.6 Å². The number of benzene rings is 4. The van der Waals surface area contributed by atoms with Crippen molar-refractivity contribution in [2.75, 3.05) is 4.90 Å². The summed E-state index contributed by atoms with van der Waals surface area (Å²) in [7, 11) is 0. The van der Waals surface area contributed by atoms with Crippen LogP contribution in [0.25, 0.3) is 16.3 Å². The first-order valence-electron chi connectivity index (χ1n) is 15.6. The summed E-state index contributed by atoms with van der Waals surface area (Å²) in [4.78, 5) is 8.03. The van der Waals surface area contributed by atoms with Gasteiger partial charge in [0.15, 0.2) is 0 Å². The number of hydrogen-bond acceptors (Lipinski definition) is 3. The van der Waals surface area contributed by atoms with Crippen molar-refractivity contribution in [3.63, 3.8) is 0 Å². The van der Waals surface area contributed by atoms with Crippen LogP contribution in [0.5, 0.6) is 0 Å². The number of para-hydroxylation sites is 1. The molecule has 1 N–H and O–H groups in total. The Labute approximate surface area is 258 Å². The molecule has 0 aromatic heterocycles. The maximum absolute atomic E-state index is 5.57. The third kappa shape index (κ3) is 3.53. The monoisotopic (exact) mass is 567 g/mol. The van der Waals surface area contributed by atoms with E-state index in [4.69, 9.17) is 4.99 Å². The van der Waals surface area contributed by atoms with Crippen LogP contribution in [0.1, 0.15) is 48.6 Å². The standard InChI is InChI=1S/C41H33N3/c1-41(2)33-18-8-6-16-30(33)38-31-17-7-10-21-36(31)44(40-32(39(38)41)25-26-13-3-9-19-34(26)43-40)37-23-22-28(35-20-11-12-24-42-35)27-14-4-5-15-29(27)37/h3-24,26,35,42H,25H2,1-2H3. The minimum absolute atomic E-state index is 0.128. The van der Waals surface area contributed by atoms with Gasteiger partial charge in [-0.3, -0.25) is 4.90 Å². The Kier molecular flexibility index (Phi) is 5.43. The number of nitrogens with zero attached hydrogens (tertiary/aromatic N) is 2. The minimum atomic E-state index is -0.157. The number of dihydropyridines is 1. The van der Waals surface area contributed by atoms with E-state index >= 15 is 0 Å². The molecule has 9 rings (SSSR count). The highest BCUT2D eigenvalue weighted by molar-refractivity contribution is 6.07. The van der Waals surface area contributed by atoms with Crippen molar-refractivity contribution in [1.29, 1.82) is 0 Å². The molecule has 212 valence electrons. The fourth-order valence-corrected chi connectivity index (χ4v) is 8.05. The van der Waals surface area contributed by atoms with Gasteiger partial charge in [-0.25, -0.2) is 4.99 Å². The molecule has 2 aliphatic carbocycles. The Balaban J connectivity index is 1.37. The van der Waals surface area contributed by atoms with Gasteiger partial charge in [0.25, 0.3) is 0 Å². The maximum atomic E-state index is 5.57. The van der Waals surface area contributed by atoms with E-state index in [1.54, 1.807) is 0 Å². The highest BCUT2D eigenvalue weighted by Crippen LogP contribution is 2.58. The van der Waals surface area contributed by atoms with Crippen molar-refractivity contribution in [3.05, 3.63) is 173 Å². The molecule has 3 nitrogen and oxygen atoms in total. The largest absolute Gasteiger partial charge is 0.381 e. The zero-order valence-corrected chi connectivity index (χ0v) is 25.0. The van der Waals surface area contributed by atoms with E-state index in [1.807, 2.05) is 12.3 Å². The molecule has 5 aliphatic rings. The van der Waals surface area contributed by atoms with Crippen molar-refractivity contribution >= 4 is 33.4 Å². The van der Waals surface area contributed by atoms with Crippen LogP contribution in [0.3, 0.4) is 0 Å². The average molecular weight is 568 g/mol. The minimum Gasteiger partial charge on any atom is -0.381 e. The first-order chi connectivity index (χ1) is 21.6. The molecule has 0 fully saturated rings. The lowest BCUT2D eigenvalue weighted by Crippen LogP contribution is -2.29. The van der Waals surface area contributed by atoms with E-state index < -0.39 is 0 Å². The van der Waals surface area contributed by atoms with Crippen LogP contribution in [0.15, 0.2) is 156 Å². The van der Waals surface area contributed by atoms with Gasteiger partial charge in [-0.15, -0.1) is 0 Å². The number of hydrogen-bond donors (Lipinski definition) is 1. The number of fused-ring (bicyclic) bond motifs is 7. The van der Waals surface area contributed by atoms with E-state index in [9.17, 15) is 0 Å². The van der Waals surface area contributed by atoms with Crippen LogP contribution in [0.2, 0.25) is 0 Å². The predicted molar refractivity (Wildman–Crippen MR) is 183 cm³/mol. The first kappa shape index (κ1) is 25.4. The predicted octanol–water partition coefficient (Wildman–Crippen LogP) is 9.60. The van der Waals surface area contributed by atoms with Crippen molar-refractivity contribution in [1.82, 2.24) is 5.32 Å². The maximum Gasteiger partial charge on any atom is 0.141 e. The van der Waals surface area contributed by atoms with Gasteiger partial charge < -0.3 is 5.32 Å². The number of nitrogens with one attached hydrogen (secondary N) is 1. The quantitative estimate of drug-likeness (QED) is 0.261. The van der Waals surface area contributed by atoms with Crippen LogP contribution >= 0.6 is 0 Å².